The summed E-state index contributed by atoms with van der Waals surface area (Å²) in [4.78, 5) is 0. The number of phenolic OH excluding ortho intramolecular Hbond substituents is 1. The molecule has 1 aliphatic rings. The zero-order valence-corrected chi connectivity index (χ0v) is 17.0. The fourth-order valence-electron chi connectivity index (χ4n) is 1.65. The third kappa shape index (κ3) is 11.1. The first-order valence-corrected chi connectivity index (χ1v) is 8.48. The Morgan fingerprint density at radius 2 is 1.78 bits per heavy atom. The van der Waals surface area contributed by atoms with Crippen LogP contribution in [0.1, 0.15) is 53.5 Å². The van der Waals surface area contributed by atoms with Crippen LogP contribution in [0.2, 0.25) is 0 Å². The molecule has 0 radical (unpaired) electrons. The van der Waals surface area contributed by atoms with Crippen LogP contribution in [-0.2, 0) is 25.4 Å². The molecule has 2 rings (SSSR count). The number of ether oxygens (including phenoxy) is 1. The van der Waals surface area contributed by atoms with Crippen LogP contribution in [0.4, 0.5) is 0 Å². The second-order valence-electron chi connectivity index (χ2n) is 6.64. The van der Waals surface area contributed by atoms with Crippen molar-refractivity contribution in [1.29, 1.82) is 0 Å². The van der Waals surface area contributed by atoms with Crippen LogP contribution in [0.15, 0.2) is 35.9 Å². The van der Waals surface area contributed by atoms with Crippen molar-refractivity contribution in [3.63, 3.8) is 0 Å². The monoisotopic (exact) mass is 349 g/mol. The topological polar surface area (TPSA) is 29.5 Å². The van der Waals surface area contributed by atoms with Gasteiger partial charge in [-0.25, -0.2) is 11.6 Å². The van der Waals surface area contributed by atoms with E-state index in [0.717, 1.165) is 12.0 Å². The average molecular weight is 349 g/mol. The van der Waals surface area contributed by atoms with Crippen molar-refractivity contribution in [1.82, 2.24) is 0 Å². The second-order valence-corrected chi connectivity index (χ2v) is 8.20. The minimum atomic E-state index is 0.0338. The number of benzene rings is 1. The molecule has 0 unspecified atom stereocenters. The van der Waals surface area contributed by atoms with E-state index in [1.54, 1.807) is 19.2 Å². The summed E-state index contributed by atoms with van der Waals surface area (Å²) in [7, 11) is 1.60. The first-order chi connectivity index (χ1) is 10.6. The molecule has 0 bridgehead atoms. The van der Waals surface area contributed by atoms with Gasteiger partial charge in [0.2, 0.25) is 0 Å². The van der Waals surface area contributed by atoms with E-state index in [1.807, 2.05) is 6.07 Å². The summed E-state index contributed by atoms with van der Waals surface area (Å²) in [5.41, 5.74) is 2.38. The number of allylic oxidation sites excluding steroid dienone is 4. The molecule has 0 amide bonds. The Balaban J connectivity index is 0.000000398. The second kappa shape index (κ2) is 10.6. The van der Waals surface area contributed by atoms with E-state index in [2.05, 4.69) is 79.7 Å². The van der Waals surface area contributed by atoms with Crippen molar-refractivity contribution in [2.45, 2.75) is 53.4 Å². The van der Waals surface area contributed by atoms with Gasteiger partial charge in [-0.3, -0.25) is 6.08 Å². The normalized spacial score (nSPS) is 12.5. The van der Waals surface area contributed by atoms with Crippen molar-refractivity contribution >= 4 is 3.81 Å². The van der Waals surface area contributed by atoms with Gasteiger partial charge in [-0.15, -0.1) is 6.42 Å². The standard InChI is InChI=1S/C11H16O2.C6H7.C3H6.Ti/c1-11(2,3)8-5-9(12)7-10(6-8)13-4;1-6-4-2-3-5-6;1-3-2;/h5-7,12H,1-4H3;2,4H,3H2,1H3;1-2H3;/q;-1;;+1. The molecule has 3 heteroatoms. The zero-order valence-electron chi connectivity index (χ0n) is 15.4. The third-order valence-corrected chi connectivity index (χ3v) is 2.86. The van der Waals surface area contributed by atoms with E-state index in [4.69, 9.17) is 4.74 Å². The van der Waals surface area contributed by atoms with Crippen molar-refractivity contribution in [2.75, 3.05) is 7.11 Å². The first-order valence-electron chi connectivity index (χ1n) is 7.70. The Kier molecular flexibility index (Phi) is 10.1. The molecule has 0 heterocycles. The average Bonchev–Trinajstić information content (AvgIpc) is 2.88. The van der Waals surface area contributed by atoms with Crippen LogP contribution < -0.4 is 4.74 Å². The van der Waals surface area contributed by atoms with Crippen molar-refractivity contribution < 1.29 is 29.8 Å². The number of rotatable bonds is 1. The third-order valence-electron chi connectivity index (χ3n) is 2.86. The van der Waals surface area contributed by atoms with Gasteiger partial charge < -0.3 is 9.84 Å². The first kappa shape index (κ1) is 21.9. The molecule has 1 aliphatic carbocycles. The van der Waals surface area contributed by atoms with Crippen LogP contribution in [0.5, 0.6) is 11.5 Å². The van der Waals surface area contributed by atoms with E-state index < -0.39 is 0 Å². The molecule has 0 saturated heterocycles. The fraction of sp³-hybridized carbons (Fsp3) is 0.450. The molecule has 1 N–H and O–H groups in total. The summed E-state index contributed by atoms with van der Waals surface area (Å²) < 4.78 is 6.49. The molecule has 2 nitrogen and oxygen atoms in total. The molecule has 0 fully saturated rings. The Hall–Kier alpha value is -1.12. The summed E-state index contributed by atoms with van der Waals surface area (Å²) in [6.45, 7) is 12.5. The van der Waals surface area contributed by atoms with Gasteiger partial charge in [-0.2, -0.15) is 6.08 Å². The maximum atomic E-state index is 9.41. The minimum absolute atomic E-state index is 0.0338. The van der Waals surface area contributed by atoms with Crippen molar-refractivity contribution in [3.8, 4) is 11.5 Å². The molecular weight excluding hydrogens is 320 g/mol. The van der Waals surface area contributed by atoms with Gasteiger partial charge in [0, 0.05) is 6.07 Å². The summed E-state index contributed by atoms with van der Waals surface area (Å²) in [6.07, 6.45) is 8.33. The quantitative estimate of drug-likeness (QED) is 0.562. The van der Waals surface area contributed by atoms with Crippen LogP contribution in [0.25, 0.3) is 0 Å². The number of hydrogen-bond acceptors (Lipinski definition) is 2. The van der Waals surface area contributed by atoms with Gasteiger partial charge >= 0.3 is 37.6 Å². The zero-order chi connectivity index (χ0) is 18.0. The number of aromatic hydroxyl groups is 1. The molecule has 125 valence electrons. The molecule has 0 atom stereocenters. The Bertz CT molecular complexity index is 557. The van der Waals surface area contributed by atoms with Crippen molar-refractivity contribution in [3.05, 3.63) is 47.6 Å². The Morgan fingerprint density at radius 1 is 1.22 bits per heavy atom. The SMILES string of the molecule is CC1=[C-]CC=C1.COc1cc(O)cc(C(C)(C)C)c1.C[C](C)=[Ti+]. The van der Waals surface area contributed by atoms with E-state index in [0.29, 0.717) is 5.75 Å². The van der Waals surface area contributed by atoms with Gasteiger partial charge in [0.05, 0.1) is 7.11 Å². The predicted molar refractivity (Wildman–Crippen MR) is 95.9 cm³/mol. The van der Waals surface area contributed by atoms with E-state index >= 15 is 0 Å². The number of phenols is 1. The van der Waals surface area contributed by atoms with E-state index in [1.165, 1.54) is 9.38 Å². The van der Waals surface area contributed by atoms with Gasteiger partial charge in [-0.05, 0) is 23.1 Å². The van der Waals surface area contributed by atoms with Crippen LogP contribution in [0, 0.1) is 6.08 Å². The number of hydrogen-bond donors (Lipinski definition) is 1. The summed E-state index contributed by atoms with van der Waals surface area (Å²) >= 11 is 2.08. The predicted octanol–water partition coefficient (Wildman–Crippen LogP) is 5.14. The summed E-state index contributed by atoms with van der Waals surface area (Å²) in [5, 5.41) is 9.41. The Labute approximate surface area is 153 Å². The van der Waals surface area contributed by atoms with Crippen molar-refractivity contribution in [2.24, 2.45) is 0 Å². The molecule has 0 spiro atoms. The molecular formula is C20H29O2Ti. The van der Waals surface area contributed by atoms with E-state index in [-0.39, 0.29) is 11.2 Å². The van der Waals surface area contributed by atoms with Gasteiger partial charge in [0.15, 0.2) is 0 Å². The molecule has 0 aromatic heterocycles. The van der Waals surface area contributed by atoms with Crippen LogP contribution in [-0.4, -0.2) is 16.0 Å². The summed E-state index contributed by atoms with van der Waals surface area (Å²) in [5.74, 6) is 0.953. The summed E-state index contributed by atoms with van der Waals surface area (Å²) in [6, 6.07) is 5.32. The maximum absolute atomic E-state index is 9.41. The fourth-order valence-corrected chi connectivity index (χ4v) is 1.65. The van der Waals surface area contributed by atoms with Crippen LogP contribution in [0.3, 0.4) is 0 Å². The van der Waals surface area contributed by atoms with Gasteiger partial charge in [0.25, 0.3) is 0 Å². The Morgan fingerprint density at radius 3 is 2.09 bits per heavy atom. The van der Waals surface area contributed by atoms with Gasteiger partial charge in [-0.1, -0.05) is 27.7 Å². The van der Waals surface area contributed by atoms with Crippen LogP contribution >= 0.6 is 0 Å². The van der Waals surface area contributed by atoms with Gasteiger partial charge in [0.1, 0.15) is 11.5 Å². The number of methoxy groups -OCH3 is 1. The molecule has 1 aromatic carbocycles. The van der Waals surface area contributed by atoms with E-state index in [9.17, 15) is 5.11 Å². The molecule has 1 aromatic rings. The molecule has 0 aliphatic heterocycles. The molecule has 0 saturated carbocycles. The molecule has 23 heavy (non-hydrogen) atoms.